The average molecular weight is 406 g/mol. The van der Waals surface area contributed by atoms with Crippen LogP contribution in [0.1, 0.15) is 39.7 Å². The summed E-state index contributed by atoms with van der Waals surface area (Å²) in [5.41, 5.74) is 5.42. The van der Waals surface area contributed by atoms with Crippen molar-refractivity contribution in [3.8, 4) is 0 Å². The highest BCUT2D eigenvalue weighted by Crippen LogP contribution is 2.28. The predicted octanol–water partition coefficient (Wildman–Crippen LogP) is 4.58. The van der Waals surface area contributed by atoms with Crippen molar-refractivity contribution in [3.63, 3.8) is 0 Å². The number of nitrogens with one attached hydrogen (secondary N) is 2. The van der Waals surface area contributed by atoms with Gasteiger partial charge in [0.05, 0.1) is 17.1 Å². The molecule has 0 aliphatic carbocycles. The summed E-state index contributed by atoms with van der Waals surface area (Å²) in [5.74, 6) is -0.239. The molecule has 2 N–H and O–H groups in total. The number of ketones is 1. The maximum Gasteiger partial charge on any atom is 0.249 e. The van der Waals surface area contributed by atoms with Crippen LogP contribution in [0.4, 0.5) is 5.69 Å². The summed E-state index contributed by atoms with van der Waals surface area (Å²) in [6.45, 7) is 3.52. The Labute approximate surface area is 173 Å². The molecule has 1 aliphatic heterocycles. The Morgan fingerprint density at radius 3 is 2.69 bits per heavy atom. The summed E-state index contributed by atoms with van der Waals surface area (Å²) in [5, 5.41) is 3.53. The third-order valence-corrected chi connectivity index (χ3v) is 5.33. The van der Waals surface area contributed by atoms with E-state index >= 15 is 0 Å². The first kappa shape index (κ1) is 19.2. The number of benzodiazepines with no additional fused rings is 1. The predicted molar refractivity (Wildman–Crippen MR) is 115 cm³/mol. The summed E-state index contributed by atoms with van der Waals surface area (Å²) in [6, 6.07) is 14.4. The number of hydrogen-bond acceptors (Lipinski definition) is 3. The molecule has 1 aromatic heterocycles. The van der Waals surface area contributed by atoms with E-state index in [-0.39, 0.29) is 11.7 Å². The highest BCUT2D eigenvalue weighted by atomic mass is 35.5. The van der Waals surface area contributed by atoms with E-state index in [4.69, 9.17) is 16.6 Å². The number of aliphatic imine (C=N–C) groups is 1. The molecule has 1 aliphatic rings. The SMILES string of the molecule is CC(=O)c1cc(C2=NC(Cc3ccccc3C)C(=O)Nc3ccc(Cl)cc32)c[nH]1. The molecular formula is C23H20ClN3O2. The lowest BCUT2D eigenvalue weighted by molar-refractivity contribution is -0.117. The topological polar surface area (TPSA) is 74.3 Å². The van der Waals surface area contributed by atoms with Gasteiger partial charge in [0, 0.05) is 35.7 Å². The van der Waals surface area contributed by atoms with E-state index in [1.54, 1.807) is 30.5 Å². The Bertz CT molecular complexity index is 1150. The maximum absolute atomic E-state index is 13.0. The van der Waals surface area contributed by atoms with Gasteiger partial charge >= 0.3 is 0 Å². The van der Waals surface area contributed by atoms with Gasteiger partial charge in [-0.2, -0.15) is 0 Å². The van der Waals surface area contributed by atoms with Gasteiger partial charge in [-0.15, -0.1) is 0 Å². The van der Waals surface area contributed by atoms with Gasteiger partial charge in [-0.1, -0.05) is 35.9 Å². The fourth-order valence-electron chi connectivity index (χ4n) is 3.47. The number of carbonyl (C=O) groups is 2. The Kier molecular flexibility index (Phi) is 5.07. The maximum atomic E-state index is 13.0. The van der Waals surface area contributed by atoms with Crippen molar-refractivity contribution in [1.29, 1.82) is 0 Å². The lowest BCUT2D eigenvalue weighted by atomic mass is 10.0. The molecule has 2 aromatic carbocycles. The first-order valence-corrected chi connectivity index (χ1v) is 9.73. The van der Waals surface area contributed by atoms with E-state index in [0.29, 0.717) is 28.5 Å². The third-order valence-electron chi connectivity index (χ3n) is 5.09. The summed E-state index contributed by atoms with van der Waals surface area (Å²) >= 11 is 6.23. The molecule has 2 heterocycles. The van der Waals surface area contributed by atoms with Crippen LogP contribution in [0.5, 0.6) is 0 Å². The van der Waals surface area contributed by atoms with Crippen LogP contribution in [-0.2, 0) is 11.2 Å². The number of rotatable bonds is 4. The van der Waals surface area contributed by atoms with E-state index in [1.165, 1.54) is 6.92 Å². The molecule has 4 rings (SSSR count). The smallest absolute Gasteiger partial charge is 0.249 e. The zero-order chi connectivity index (χ0) is 20.5. The number of nitrogens with zero attached hydrogens (tertiary/aromatic N) is 1. The normalized spacial score (nSPS) is 15.9. The van der Waals surface area contributed by atoms with Gasteiger partial charge in [0.25, 0.3) is 0 Å². The van der Waals surface area contributed by atoms with Gasteiger partial charge in [0.15, 0.2) is 5.78 Å². The number of carbonyl (C=O) groups excluding carboxylic acids is 2. The molecule has 0 bridgehead atoms. The van der Waals surface area contributed by atoms with E-state index in [9.17, 15) is 9.59 Å². The van der Waals surface area contributed by atoms with Crippen LogP contribution in [0, 0.1) is 6.92 Å². The van der Waals surface area contributed by atoms with Crippen LogP contribution >= 0.6 is 11.6 Å². The minimum absolute atomic E-state index is 0.0672. The Morgan fingerprint density at radius 2 is 1.97 bits per heavy atom. The summed E-state index contributed by atoms with van der Waals surface area (Å²) in [4.78, 5) is 32.5. The number of H-pyrrole nitrogens is 1. The van der Waals surface area contributed by atoms with Crippen molar-refractivity contribution in [1.82, 2.24) is 4.98 Å². The van der Waals surface area contributed by atoms with Gasteiger partial charge in [0.2, 0.25) is 5.91 Å². The minimum atomic E-state index is -0.604. The van der Waals surface area contributed by atoms with Crippen molar-refractivity contribution < 1.29 is 9.59 Å². The monoisotopic (exact) mass is 405 g/mol. The largest absolute Gasteiger partial charge is 0.358 e. The van der Waals surface area contributed by atoms with E-state index < -0.39 is 6.04 Å². The second-order valence-electron chi connectivity index (χ2n) is 7.16. The van der Waals surface area contributed by atoms with Gasteiger partial charge in [-0.3, -0.25) is 14.6 Å². The fourth-order valence-corrected chi connectivity index (χ4v) is 3.64. The molecule has 0 saturated carbocycles. The number of aromatic amines is 1. The molecule has 29 heavy (non-hydrogen) atoms. The summed E-state index contributed by atoms with van der Waals surface area (Å²) in [7, 11) is 0. The van der Waals surface area contributed by atoms with Gasteiger partial charge in [0.1, 0.15) is 6.04 Å². The van der Waals surface area contributed by atoms with E-state index in [0.717, 1.165) is 22.3 Å². The molecule has 0 spiro atoms. The molecule has 0 radical (unpaired) electrons. The molecular weight excluding hydrogens is 386 g/mol. The average Bonchev–Trinajstić information content (AvgIpc) is 3.13. The molecule has 1 amide bonds. The van der Waals surface area contributed by atoms with Crippen LogP contribution in [-0.4, -0.2) is 28.4 Å². The summed E-state index contributed by atoms with van der Waals surface area (Å²) < 4.78 is 0. The molecule has 0 saturated heterocycles. The molecule has 146 valence electrons. The molecule has 0 fully saturated rings. The third kappa shape index (κ3) is 3.87. The minimum Gasteiger partial charge on any atom is -0.358 e. The van der Waals surface area contributed by atoms with Crippen LogP contribution in [0.2, 0.25) is 5.02 Å². The first-order valence-electron chi connectivity index (χ1n) is 9.35. The number of anilines is 1. The van der Waals surface area contributed by atoms with Crippen molar-refractivity contribution >= 4 is 34.7 Å². The lowest BCUT2D eigenvalue weighted by Gasteiger charge is -2.12. The Balaban J connectivity index is 1.83. The number of halogens is 1. The number of Topliss-reactive ketones (excluding diaryl/α,β-unsaturated/α-hetero) is 1. The van der Waals surface area contributed by atoms with Crippen molar-refractivity contribution in [2.24, 2.45) is 4.99 Å². The Hall–Kier alpha value is -3.18. The lowest BCUT2D eigenvalue weighted by Crippen LogP contribution is -2.27. The fraction of sp³-hybridized carbons (Fsp3) is 0.174. The second-order valence-corrected chi connectivity index (χ2v) is 7.60. The zero-order valence-electron chi connectivity index (χ0n) is 16.1. The van der Waals surface area contributed by atoms with Crippen LogP contribution in [0.3, 0.4) is 0 Å². The van der Waals surface area contributed by atoms with Gasteiger partial charge in [-0.25, -0.2) is 0 Å². The molecule has 3 aromatic rings. The number of aryl methyl sites for hydroxylation is 1. The van der Waals surface area contributed by atoms with Gasteiger partial charge < -0.3 is 10.3 Å². The van der Waals surface area contributed by atoms with Crippen molar-refractivity contribution in [2.75, 3.05) is 5.32 Å². The quantitative estimate of drug-likeness (QED) is 0.623. The zero-order valence-corrected chi connectivity index (χ0v) is 16.9. The number of amides is 1. The number of benzene rings is 2. The number of fused-ring (bicyclic) bond motifs is 1. The van der Waals surface area contributed by atoms with Crippen LogP contribution in [0.15, 0.2) is 59.7 Å². The number of hydrogen-bond donors (Lipinski definition) is 2. The summed E-state index contributed by atoms with van der Waals surface area (Å²) in [6.07, 6.45) is 2.22. The van der Waals surface area contributed by atoms with Crippen molar-refractivity contribution in [3.05, 3.63) is 87.7 Å². The highest BCUT2D eigenvalue weighted by molar-refractivity contribution is 6.32. The molecule has 6 heteroatoms. The van der Waals surface area contributed by atoms with Crippen LogP contribution in [0.25, 0.3) is 0 Å². The molecule has 1 atom stereocenters. The Morgan fingerprint density at radius 1 is 1.17 bits per heavy atom. The van der Waals surface area contributed by atoms with E-state index in [2.05, 4.69) is 10.3 Å². The molecule has 1 unspecified atom stereocenters. The standard InChI is InChI=1S/C23H20ClN3O2/c1-13-5-3-4-6-15(13)9-21-23(29)27-19-8-7-17(24)11-18(19)22(26-21)16-10-20(14(2)28)25-12-16/h3-8,10-12,21,25H,9H2,1-2H3,(H,27,29). The molecule has 5 nitrogen and oxygen atoms in total. The number of aromatic nitrogens is 1. The van der Waals surface area contributed by atoms with E-state index in [1.807, 2.05) is 31.2 Å². The second kappa shape index (κ2) is 7.68. The van der Waals surface area contributed by atoms with Crippen LogP contribution < -0.4 is 5.32 Å². The van der Waals surface area contributed by atoms with Gasteiger partial charge in [-0.05, 0) is 42.3 Å². The first-order chi connectivity index (χ1) is 13.9. The van der Waals surface area contributed by atoms with Crippen molar-refractivity contribution in [2.45, 2.75) is 26.3 Å². The highest BCUT2D eigenvalue weighted by Gasteiger charge is 2.27.